The Bertz CT molecular complexity index is 362. The van der Waals surface area contributed by atoms with Gasteiger partial charge in [0.15, 0.2) is 0 Å². The van der Waals surface area contributed by atoms with E-state index in [4.69, 9.17) is 5.11 Å². The van der Waals surface area contributed by atoms with Crippen molar-refractivity contribution >= 4 is 29.5 Å². The van der Waals surface area contributed by atoms with Crippen molar-refractivity contribution in [3.8, 4) is 0 Å². The Labute approximate surface area is 116 Å². The smallest absolute Gasteiger partial charge is 0.305 e. The Morgan fingerprint density at radius 3 is 2.74 bits per heavy atom. The summed E-state index contributed by atoms with van der Waals surface area (Å²) in [5.74, 6) is -0.125. The monoisotopic (exact) mass is 288 g/mol. The number of carboxylic acid groups (broad SMARTS) is 1. The zero-order chi connectivity index (χ0) is 14.4. The number of rotatable bonds is 6. The first-order chi connectivity index (χ1) is 8.95. The van der Waals surface area contributed by atoms with Gasteiger partial charge in [0.2, 0.25) is 11.8 Å². The molecule has 2 unspecified atom stereocenters. The van der Waals surface area contributed by atoms with Crippen LogP contribution in [0.25, 0.3) is 0 Å². The summed E-state index contributed by atoms with van der Waals surface area (Å²) in [5, 5.41) is 11.3. The predicted molar refractivity (Wildman–Crippen MR) is 72.7 cm³/mol. The standard InChI is InChI=1S/C12H20N2O4S/c1-3-4-10(15)14-7-19-6-9(14)12(18)13-8(2)5-11(16)17/h8-9H,3-7H2,1-2H3,(H,13,18)(H,16,17). The van der Waals surface area contributed by atoms with Gasteiger partial charge in [-0.05, 0) is 13.3 Å². The Kier molecular flexibility index (Phi) is 6.14. The topological polar surface area (TPSA) is 86.7 Å². The van der Waals surface area contributed by atoms with Gasteiger partial charge in [0, 0.05) is 18.2 Å². The van der Waals surface area contributed by atoms with Gasteiger partial charge in [0.25, 0.3) is 0 Å². The molecule has 0 aromatic rings. The third-order valence-corrected chi connectivity index (χ3v) is 3.85. The molecule has 1 aliphatic heterocycles. The summed E-state index contributed by atoms with van der Waals surface area (Å²) in [6.45, 7) is 3.57. The highest BCUT2D eigenvalue weighted by atomic mass is 32.2. The number of amides is 2. The molecule has 1 rings (SSSR count). The number of aliphatic carboxylic acids is 1. The number of carbonyl (C=O) groups is 3. The van der Waals surface area contributed by atoms with Crippen LogP contribution in [0.1, 0.15) is 33.1 Å². The van der Waals surface area contributed by atoms with E-state index in [1.54, 1.807) is 23.6 Å². The summed E-state index contributed by atoms with van der Waals surface area (Å²) < 4.78 is 0. The second-order valence-corrected chi connectivity index (χ2v) is 5.64. The number of nitrogens with zero attached hydrogens (tertiary/aromatic N) is 1. The van der Waals surface area contributed by atoms with Crippen LogP contribution in [0.5, 0.6) is 0 Å². The van der Waals surface area contributed by atoms with Crippen molar-refractivity contribution in [3.63, 3.8) is 0 Å². The van der Waals surface area contributed by atoms with Crippen LogP contribution in [0.2, 0.25) is 0 Å². The number of thioether (sulfide) groups is 1. The molecular weight excluding hydrogens is 268 g/mol. The fraction of sp³-hybridized carbons (Fsp3) is 0.750. The minimum Gasteiger partial charge on any atom is -0.481 e. The highest BCUT2D eigenvalue weighted by molar-refractivity contribution is 7.99. The molecule has 2 atom stereocenters. The lowest BCUT2D eigenvalue weighted by molar-refractivity contribution is -0.140. The van der Waals surface area contributed by atoms with E-state index in [9.17, 15) is 14.4 Å². The first-order valence-electron chi connectivity index (χ1n) is 6.35. The van der Waals surface area contributed by atoms with Crippen LogP contribution in [0.15, 0.2) is 0 Å². The van der Waals surface area contributed by atoms with Crippen molar-refractivity contribution in [1.82, 2.24) is 10.2 Å². The molecule has 1 heterocycles. The van der Waals surface area contributed by atoms with Crippen molar-refractivity contribution in [2.24, 2.45) is 0 Å². The lowest BCUT2D eigenvalue weighted by atomic mass is 10.2. The maximum Gasteiger partial charge on any atom is 0.305 e. The van der Waals surface area contributed by atoms with Crippen LogP contribution in [-0.2, 0) is 14.4 Å². The molecule has 1 aliphatic rings. The van der Waals surface area contributed by atoms with E-state index >= 15 is 0 Å². The molecule has 0 spiro atoms. The molecule has 7 heteroatoms. The molecule has 108 valence electrons. The first-order valence-corrected chi connectivity index (χ1v) is 7.50. The summed E-state index contributed by atoms with van der Waals surface area (Å²) >= 11 is 1.54. The average Bonchev–Trinajstić information content (AvgIpc) is 2.76. The Balaban J connectivity index is 2.55. The lowest BCUT2D eigenvalue weighted by Crippen LogP contribution is -2.49. The van der Waals surface area contributed by atoms with E-state index < -0.39 is 18.1 Å². The molecule has 0 aromatic carbocycles. The Morgan fingerprint density at radius 2 is 2.16 bits per heavy atom. The molecular formula is C12H20N2O4S. The first kappa shape index (κ1) is 15.8. The summed E-state index contributed by atoms with van der Waals surface area (Å²) in [6.07, 6.45) is 1.08. The van der Waals surface area contributed by atoms with Gasteiger partial charge >= 0.3 is 5.97 Å². The second kappa shape index (κ2) is 7.37. The van der Waals surface area contributed by atoms with E-state index in [0.29, 0.717) is 18.1 Å². The van der Waals surface area contributed by atoms with Crippen LogP contribution in [-0.4, -0.2) is 51.5 Å². The zero-order valence-electron chi connectivity index (χ0n) is 11.2. The third-order valence-electron chi connectivity index (χ3n) is 2.84. The molecule has 0 saturated carbocycles. The highest BCUT2D eigenvalue weighted by Gasteiger charge is 2.34. The Hall–Kier alpha value is -1.24. The molecule has 2 amide bonds. The van der Waals surface area contributed by atoms with Crippen molar-refractivity contribution in [3.05, 3.63) is 0 Å². The van der Waals surface area contributed by atoms with Crippen molar-refractivity contribution in [1.29, 1.82) is 0 Å². The van der Waals surface area contributed by atoms with Crippen LogP contribution in [0, 0.1) is 0 Å². The normalized spacial score (nSPS) is 20.1. The van der Waals surface area contributed by atoms with Crippen LogP contribution >= 0.6 is 11.8 Å². The number of hydrogen-bond donors (Lipinski definition) is 2. The van der Waals surface area contributed by atoms with Crippen LogP contribution in [0.3, 0.4) is 0 Å². The van der Waals surface area contributed by atoms with Gasteiger partial charge < -0.3 is 15.3 Å². The quantitative estimate of drug-likeness (QED) is 0.750. The van der Waals surface area contributed by atoms with Crippen LogP contribution in [0.4, 0.5) is 0 Å². The van der Waals surface area contributed by atoms with E-state index in [0.717, 1.165) is 6.42 Å². The number of carbonyl (C=O) groups excluding carboxylic acids is 2. The summed E-state index contributed by atoms with van der Waals surface area (Å²) in [4.78, 5) is 36.0. The summed E-state index contributed by atoms with van der Waals surface area (Å²) in [7, 11) is 0. The SMILES string of the molecule is CCCC(=O)N1CSCC1C(=O)NC(C)CC(=O)O. The maximum absolute atomic E-state index is 12.0. The molecule has 1 fully saturated rings. The van der Waals surface area contributed by atoms with E-state index in [1.807, 2.05) is 6.92 Å². The largest absolute Gasteiger partial charge is 0.481 e. The highest BCUT2D eigenvalue weighted by Crippen LogP contribution is 2.22. The third kappa shape index (κ3) is 4.74. The molecule has 1 saturated heterocycles. The van der Waals surface area contributed by atoms with Gasteiger partial charge in [-0.2, -0.15) is 0 Å². The molecule has 6 nitrogen and oxygen atoms in total. The van der Waals surface area contributed by atoms with E-state index in [-0.39, 0.29) is 18.2 Å². The average molecular weight is 288 g/mol. The predicted octanol–water partition coefficient (Wildman–Crippen LogP) is 0.667. The Morgan fingerprint density at radius 1 is 1.47 bits per heavy atom. The molecule has 0 aromatic heterocycles. The number of hydrogen-bond acceptors (Lipinski definition) is 4. The summed E-state index contributed by atoms with van der Waals surface area (Å²) in [6, 6.07) is -0.904. The summed E-state index contributed by atoms with van der Waals surface area (Å²) in [5.41, 5.74) is 0. The lowest BCUT2D eigenvalue weighted by Gasteiger charge is -2.24. The van der Waals surface area contributed by atoms with Gasteiger partial charge in [-0.3, -0.25) is 14.4 Å². The molecule has 2 N–H and O–H groups in total. The van der Waals surface area contributed by atoms with E-state index in [1.165, 1.54) is 0 Å². The fourth-order valence-corrected chi connectivity index (χ4v) is 3.10. The van der Waals surface area contributed by atoms with Crippen molar-refractivity contribution in [2.75, 3.05) is 11.6 Å². The van der Waals surface area contributed by atoms with Gasteiger partial charge in [-0.15, -0.1) is 11.8 Å². The molecule has 0 radical (unpaired) electrons. The minimum absolute atomic E-state index is 0.0152. The second-order valence-electron chi connectivity index (χ2n) is 4.64. The van der Waals surface area contributed by atoms with Gasteiger partial charge in [-0.1, -0.05) is 6.92 Å². The number of nitrogens with one attached hydrogen (secondary N) is 1. The van der Waals surface area contributed by atoms with Gasteiger partial charge in [-0.25, -0.2) is 0 Å². The zero-order valence-corrected chi connectivity index (χ0v) is 12.0. The van der Waals surface area contributed by atoms with E-state index in [2.05, 4.69) is 5.32 Å². The van der Waals surface area contributed by atoms with Gasteiger partial charge in [0.1, 0.15) is 6.04 Å². The van der Waals surface area contributed by atoms with Crippen molar-refractivity contribution < 1.29 is 19.5 Å². The molecule has 0 aliphatic carbocycles. The number of carboxylic acids is 1. The van der Waals surface area contributed by atoms with Crippen LogP contribution < -0.4 is 5.32 Å². The molecule has 0 bridgehead atoms. The fourth-order valence-electron chi connectivity index (χ4n) is 1.92. The minimum atomic E-state index is -0.951. The van der Waals surface area contributed by atoms with Crippen molar-refractivity contribution in [2.45, 2.75) is 45.2 Å². The maximum atomic E-state index is 12.0. The van der Waals surface area contributed by atoms with Gasteiger partial charge in [0.05, 0.1) is 12.3 Å². The molecule has 19 heavy (non-hydrogen) atoms.